The van der Waals surface area contributed by atoms with Gasteiger partial charge in [-0.2, -0.15) is 0 Å². The number of ether oxygens (including phenoxy) is 4. The average Bonchev–Trinajstić information content (AvgIpc) is 4.22. The van der Waals surface area contributed by atoms with Gasteiger partial charge in [0, 0.05) is 13.8 Å². The maximum Gasteiger partial charge on any atom is 0.302 e. The second kappa shape index (κ2) is 40.9. The van der Waals surface area contributed by atoms with Crippen LogP contribution in [-0.2, 0) is 28.5 Å². The quantitative estimate of drug-likeness (QED) is 0.114. The van der Waals surface area contributed by atoms with Crippen molar-refractivity contribution in [2.45, 2.75) is 100 Å². The Labute approximate surface area is 385 Å². The molecule has 0 N–H and O–H groups in total. The number of benzene rings is 4. The highest BCUT2D eigenvalue weighted by Crippen LogP contribution is 2.72. The number of hydrogen-bond acceptors (Lipinski definition) is 6. The number of fused-ring (bicyclic) bond motifs is 12. The molecule has 350 valence electrons. The maximum absolute atomic E-state index is 9.59. The first-order chi connectivity index (χ1) is 30.5. The Morgan fingerprint density at radius 2 is 0.556 bits per heavy atom. The van der Waals surface area contributed by atoms with E-state index in [1.807, 2.05) is 173 Å². The molecule has 4 aromatic carbocycles. The van der Waals surface area contributed by atoms with Gasteiger partial charge in [0.1, 0.15) is 0 Å². The molecule has 63 heavy (non-hydrogen) atoms. The average molecular weight is 867 g/mol. The van der Waals surface area contributed by atoms with E-state index in [4.69, 9.17) is 0 Å². The molecule has 0 radical (unpaired) electrons. The summed E-state index contributed by atoms with van der Waals surface area (Å²) in [5.74, 6) is 10.8. The highest BCUT2D eigenvalue weighted by molar-refractivity contribution is 5.65. The number of hydrogen-bond donors (Lipinski definition) is 0. The van der Waals surface area contributed by atoms with E-state index in [9.17, 15) is 9.59 Å². The Hall–Kier alpha value is -5.10. The normalized spacial score (nSPS) is 21.8. The fourth-order valence-electron chi connectivity index (χ4n) is 8.82. The molecule has 5 aliphatic rings. The van der Waals surface area contributed by atoms with E-state index in [1.54, 1.807) is 73.0 Å². The predicted octanol–water partition coefficient (Wildman–Crippen LogP) is 15.2. The van der Waals surface area contributed by atoms with Gasteiger partial charge in [-0.25, -0.2) is 0 Å². The SMILES string of the molecule is C1CC2C(C1)C1CC2C2C3CCC(C3)C12.C=C(C)OC.C=C(C)OC.CC.CC.COC(C)=O.COC(C)=O.c1ccccc1.c1ccccc1.c1ccccc1.c1ccccc1. The lowest BCUT2D eigenvalue weighted by atomic mass is 9.64. The summed E-state index contributed by atoms with van der Waals surface area (Å²) in [7, 11) is 5.90. The number of rotatable bonds is 2. The number of esters is 2. The summed E-state index contributed by atoms with van der Waals surface area (Å²) in [6.45, 7) is 21.2. The minimum atomic E-state index is -0.245. The van der Waals surface area contributed by atoms with Gasteiger partial charge >= 0.3 is 11.9 Å². The first-order valence-electron chi connectivity index (χ1n) is 23.0. The molecule has 0 heterocycles. The van der Waals surface area contributed by atoms with E-state index >= 15 is 0 Å². The molecule has 9 rings (SSSR count). The first kappa shape index (κ1) is 60.0. The van der Waals surface area contributed by atoms with Crippen molar-refractivity contribution in [2.75, 3.05) is 28.4 Å². The third-order valence-corrected chi connectivity index (χ3v) is 11.2. The van der Waals surface area contributed by atoms with Crippen molar-refractivity contribution < 1.29 is 28.5 Å². The van der Waals surface area contributed by atoms with Gasteiger partial charge in [-0.1, -0.05) is 193 Å². The molecule has 6 heteroatoms. The lowest BCUT2D eigenvalue weighted by Gasteiger charge is -2.40. The van der Waals surface area contributed by atoms with Crippen LogP contribution in [0, 0.1) is 47.3 Å². The second-order valence-electron chi connectivity index (χ2n) is 15.1. The summed E-state index contributed by atoms with van der Waals surface area (Å²) < 4.78 is 17.3. The summed E-state index contributed by atoms with van der Waals surface area (Å²) in [6.07, 6.45) is 11.4. The zero-order valence-corrected chi connectivity index (χ0v) is 41.3. The summed E-state index contributed by atoms with van der Waals surface area (Å²) in [5, 5.41) is 0. The summed E-state index contributed by atoms with van der Waals surface area (Å²) in [6, 6.07) is 48.0. The third kappa shape index (κ3) is 28.3. The van der Waals surface area contributed by atoms with Gasteiger partial charge in [-0.05, 0) is 99.7 Å². The zero-order chi connectivity index (χ0) is 47.7. The highest BCUT2D eigenvalue weighted by Gasteiger charge is 2.65. The van der Waals surface area contributed by atoms with Crippen molar-refractivity contribution >= 4 is 11.9 Å². The van der Waals surface area contributed by atoms with Crippen molar-refractivity contribution in [3.05, 3.63) is 170 Å². The molecular weight excluding hydrogens is 781 g/mol. The minimum absolute atomic E-state index is 0.245. The Morgan fingerprint density at radius 3 is 0.714 bits per heavy atom. The smallest absolute Gasteiger partial charge is 0.302 e. The third-order valence-electron chi connectivity index (χ3n) is 11.2. The highest BCUT2D eigenvalue weighted by atomic mass is 16.5. The number of methoxy groups -OCH3 is 4. The molecule has 0 saturated heterocycles. The Bertz CT molecular complexity index is 1280. The number of carbonyl (C=O) groups excluding carboxylic acids is 2. The van der Waals surface area contributed by atoms with E-state index in [2.05, 4.69) is 32.1 Å². The van der Waals surface area contributed by atoms with Crippen LogP contribution < -0.4 is 0 Å². The van der Waals surface area contributed by atoms with Gasteiger partial charge in [0.15, 0.2) is 0 Å². The van der Waals surface area contributed by atoms with Gasteiger partial charge in [0.05, 0.1) is 40.0 Å². The van der Waals surface area contributed by atoms with Crippen LogP contribution in [0.4, 0.5) is 0 Å². The lowest BCUT2D eigenvalue weighted by molar-refractivity contribution is -0.138. The molecule has 8 atom stereocenters. The predicted molar refractivity (Wildman–Crippen MR) is 268 cm³/mol. The van der Waals surface area contributed by atoms with Gasteiger partial charge in [-0.15, -0.1) is 0 Å². The van der Waals surface area contributed by atoms with Gasteiger partial charge in [0.2, 0.25) is 0 Å². The minimum Gasteiger partial charge on any atom is -0.502 e. The molecule has 0 aromatic heterocycles. The zero-order valence-electron chi connectivity index (χ0n) is 41.3. The van der Waals surface area contributed by atoms with Crippen molar-refractivity contribution in [1.82, 2.24) is 0 Å². The molecule has 0 aliphatic heterocycles. The van der Waals surface area contributed by atoms with Crippen LogP contribution in [0.25, 0.3) is 0 Å². The van der Waals surface area contributed by atoms with Crippen LogP contribution in [0.1, 0.15) is 100 Å². The van der Waals surface area contributed by atoms with Crippen LogP contribution in [0.5, 0.6) is 0 Å². The van der Waals surface area contributed by atoms with Gasteiger partial charge in [-0.3, -0.25) is 9.59 Å². The summed E-state index contributed by atoms with van der Waals surface area (Å²) >= 11 is 0. The number of allylic oxidation sites excluding steroid dienone is 2. The number of carbonyl (C=O) groups is 2. The second-order valence-corrected chi connectivity index (χ2v) is 15.1. The topological polar surface area (TPSA) is 71.1 Å². The van der Waals surface area contributed by atoms with Crippen molar-refractivity contribution in [3.8, 4) is 0 Å². The van der Waals surface area contributed by atoms with Crippen LogP contribution in [0.15, 0.2) is 170 Å². The van der Waals surface area contributed by atoms with Crippen molar-refractivity contribution in [2.24, 2.45) is 47.3 Å². The summed E-state index contributed by atoms with van der Waals surface area (Å²) in [4.78, 5) is 19.2. The molecule has 5 saturated carbocycles. The standard InChI is InChI=1S/C15H22.4C6H6.2C4H8O.2C3H6O2.2C2H6/c1-2-10-11(3-1)13-7-12(10)14-8-4-5-9(6-8)15(13)14;4*1-2-4-6-5-3-1;2*1-4(2)5-3;2*1-3(4)5-2;2*1-2/h8-15H,1-7H2;4*1-6H;2*1H2,2-3H3;2*1-2H3;2*1-2H3. The molecule has 5 fully saturated rings. The Balaban J connectivity index is 0. The molecule has 0 spiro atoms. The molecule has 0 amide bonds. The van der Waals surface area contributed by atoms with E-state index in [-0.39, 0.29) is 11.9 Å². The van der Waals surface area contributed by atoms with Crippen LogP contribution in [0.2, 0.25) is 0 Å². The molecular formula is C57H86O6. The van der Waals surface area contributed by atoms with Crippen molar-refractivity contribution in [3.63, 3.8) is 0 Å². The fraction of sp³-hybridized carbons (Fsp3) is 0.474. The Kier molecular flexibility index (Phi) is 39.0. The van der Waals surface area contributed by atoms with Gasteiger partial charge < -0.3 is 18.9 Å². The molecule has 8 unspecified atom stereocenters. The van der Waals surface area contributed by atoms with Gasteiger partial charge in [0.25, 0.3) is 0 Å². The fourth-order valence-corrected chi connectivity index (χ4v) is 8.82. The van der Waals surface area contributed by atoms with E-state index in [1.165, 1.54) is 75.4 Å². The summed E-state index contributed by atoms with van der Waals surface area (Å²) in [5.41, 5.74) is 0. The maximum atomic E-state index is 9.59. The lowest BCUT2D eigenvalue weighted by Crippen LogP contribution is -2.35. The van der Waals surface area contributed by atoms with Crippen molar-refractivity contribution in [1.29, 1.82) is 0 Å². The molecule has 4 bridgehead atoms. The monoisotopic (exact) mass is 867 g/mol. The molecule has 6 nitrogen and oxygen atoms in total. The van der Waals surface area contributed by atoms with E-state index < -0.39 is 0 Å². The first-order valence-corrected chi connectivity index (χ1v) is 23.0. The Morgan fingerprint density at radius 1 is 0.365 bits per heavy atom. The molecule has 4 aromatic rings. The van der Waals surface area contributed by atoms with E-state index in [0.29, 0.717) is 0 Å². The molecule has 5 aliphatic carbocycles. The largest absolute Gasteiger partial charge is 0.502 e. The van der Waals surface area contributed by atoms with Crippen LogP contribution in [-0.4, -0.2) is 40.4 Å². The van der Waals surface area contributed by atoms with E-state index in [0.717, 1.165) is 11.5 Å². The van der Waals surface area contributed by atoms with Crippen LogP contribution in [0.3, 0.4) is 0 Å². The van der Waals surface area contributed by atoms with Crippen LogP contribution >= 0.6 is 0 Å².